The first-order chi connectivity index (χ1) is 6.56. The third-order valence-electron chi connectivity index (χ3n) is 1.85. The summed E-state index contributed by atoms with van der Waals surface area (Å²) in [6.45, 7) is 0. The number of urea groups is 1. The molecule has 0 aliphatic heterocycles. The fraction of sp³-hybridized carbons (Fsp3) is 0.222. The van der Waals surface area contributed by atoms with Crippen LogP contribution in [0.3, 0.4) is 0 Å². The highest BCUT2D eigenvalue weighted by Gasteiger charge is 2.08. The number of methoxy groups -OCH3 is 1. The van der Waals surface area contributed by atoms with Crippen molar-refractivity contribution in [1.29, 1.82) is 0 Å². The number of nitrogens with zero attached hydrogens (tertiary/aromatic N) is 1. The van der Waals surface area contributed by atoms with Crippen LogP contribution in [-0.4, -0.2) is 20.2 Å². The predicted molar refractivity (Wildman–Crippen MR) is 58.7 cm³/mol. The summed E-state index contributed by atoms with van der Waals surface area (Å²) < 4.78 is 5.84. The minimum atomic E-state index is -0.498. The van der Waals surface area contributed by atoms with Crippen molar-refractivity contribution in [3.63, 3.8) is 0 Å². The molecule has 0 radical (unpaired) electrons. The van der Waals surface area contributed by atoms with Crippen LogP contribution in [0.1, 0.15) is 0 Å². The summed E-state index contributed by atoms with van der Waals surface area (Å²) in [4.78, 5) is 12.2. The lowest BCUT2D eigenvalue weighted by molar-refractivity contribution is 0.255. The molecule has 0 atom stereocenters. The molecule has 2 amide bonds. The summed E-state index contributed by atoms with van der Waals surface area (Å²) in [5.41, 5.74) is 5.84. The number of halogens is 1. The van der Waals surface area contributed by atoms with Crippen LogP contribution in [0, 0.1) is 0 Å². The second kappa shape index (κ2) is 4.32. The average Bonchev–Trinajstić information content (AvgIpc) is 2.16. The maximum atomic E-state index is 10.9. The Labute approximate surface area is 90.8 Å². The molecule has 0 saturated carbocycles. The molecule has 76 valence electrons. The Morgan fingerprint density at radius 3 is 2.64 bits per heavy atom. The zero-order valence-corrected chi connectivity index (χ0v) is 9.54. The molecule has 0 heterocycles. The molecular formula is C9H11BrN2O2. The van der Waals surface area contributed by atoms with E-state index in [4.69, 9.17) is 10.5 Å². The number of hydrogen-bond donors (Lipinski definition) is 1. The molecule has 4 nitrogen and oxygen atoms in total. The topological polar surface area (TPSA) is 55.6 Å². The maximum Gasteiger partial charge on any atom is 0.318 e. The van der Waals surface area contributed by atoms with Crippen LogP contribution >= 0.6 is 15.9 Å². The Balaban J connectivity index is 3.02. The minimum absolute atomic E-state index is 0.498. The highest BCUT2D eigenvalue weighted by molar-refractivity contribution is 9.10. The lowest BCUT2D eigenvalue weighted by Crippen LogP contribution is -2.31. The smallest absolute Gasteiger partial charge is 0.318 e. The number of nitrogens with two attached hydrogens (primary N) is 1. The third kappa shape index (κ3) is 2.17. The lowest BCUT2D eigenvalue weighted by atomic mass is 10.3. The van der Waals surface area contributed by atoms with E-state index < -0.39 is 6.03 Å². The Bertz CT molecular complexity index is 355. The first-order valence-electron chi connectivity index (χ1n) is 3.93. The van der Waals surface area contributed by atoms with E-state index in [0.717, 1.165) is 4.47 Å². The van der Waals surface area contributed by atoms with Crippen LogP contribution < -0.4 is 15.4 Å². The number of carbonyl (C=O) groups excluding carboxylic acids is 1. The number of carbonyl (C=O) groups is 1. The van der Waals surface area contributed by atoms with Crippen molar-refractivity contribution in [2.45, 2.75) is 0 Å². The number of primary amides is 1. The van der Waals surface area contributed by atoms with Gasteiger partial charge in [0.2, 0.25) is 0 Å². The third-order valence-corrected chi connectivity index (χ3v) is 2.47. The van der Waals surface area contributed by atoms with E-state index in [1.54, 1.807) is 32.4 Å². The number of ether oxygens (including phenoxy) is 1. The normalized spacial score (nSPS) is 9.64. The summed E-state index contributed by atoms with van der Waals surface area (Å²) in [6, 6.07) is 4.79. The van der Waals surface area contributed by atoms with Crippen LogP contribution in [0.5, 0.6) is 5.75 Å². The fourth-order valence-electron chi connectivity index (χ4n) is 0.991. The molecule has 14 heavy (non-hydrogen) atoms. The van der Waals surface area contributed by atoms with Crippen molar-refractivity contribution in [2.75, 3.05) is 19.1 Å². The Hall–Kier alpha value is -1.23. The van der Waals surface area contributed by atoms with Crippen molar-refractivity contribution < 1.29 is 9.53 Å². The number of anilines is 1. The van der Waals surface area contributed by atoms with Crippen molar-refractivity contribution in [2.24, 2.45) is 5.73 Å². The molecule has 1 aromatic rings. The molecule has 0 unspecified atom stereocenters. The first-order valence-corrected chi connectivity index (χ1v) is 4.72. The van der Waals surface area contributed by atoms with Crippen molar-refractivity contribution in [1.82, 2.24) is 0 Å². The van der Waals surface area contributed by atoms with Crippen molar-refractivity contribution >= 4 is 27.6 Å². The van der Waals surface area contributed by atoms with Crippen LogP contribution in [0.15, 0.2) is 22.7 Å². The molecule has 1 aromatic carbocycles. The van der Waals surface area contributed by atoms with Gasteiger partial charge in [-0.3, -0.25) is 4.90 Å². The van der Waals surface area contributed by atoms with Gasteiger partial charge in [0, 0.05) is 12.7 Å². The van der Waals surface area contributed by atoms with E-state index >= 15 is 0 Å². The molecule has 0 aromatic heterocycles. The number of benzene rings is 1. The summed E-state index contributed by atoms with van der Waals surface area (Å²) >= 11 is 3.32. The van der Waals surface area contributed by atoms with E-state index in [1.165, 1.54) is 4.90 Å². The monoisotopic (exact) mass is 258 g/mol. The van der Waals surface area contributed by atoms with Gasteiger partial charge in [0.05, 0.1) is 11.6 Å². The minimum Gasteiger partial charge on any atom is -0.496 e. The number of rotatable bonds is 2. The quantitative estimate of drug-likeness (QED) is 0.882. The highest BCUT2D eigenvalue weighted by Crippen LogP contribution is 2.28. The van der Waals surface area contributed by atoms with E-state index in [1.807, 2.05) is 0 Å². The molecule has 0 aliphatic rings. The highest BCUT2D eigenvalue weighted by atomic mass is 79.9. The lowest BCUT2D eigenvalue weighted by Gasteiger charge is -2.15. The zero-order valence-electron chi connectivity index (χ0n) is 7.95. The average molecular weight is 259 g/mol. The molecule has 0 spiro atoms. The van der Waals surface area contributed by atoms with Gasteiger partial charge in [0.25, 0.3) is 0 Å². The summed E-state index contributed by atoms with van der Waals surface area (Å²) in [6.07, 6.45) is 0. The van der Waals surface area contributed by atoms with E-state index in [0.29, 0.717) is 11.4 Å². The Morgan fingerprint density at radius 1 is 1.57 bits per heavy atom. The molecule has 2 N–H and O–H groups in total. The maximum absolute atomic E-state index is 10.9. The molecular weight excluding hydrogens is 248 g/mol. The number of hydrogen-bond acceptors (Lipinski definition) is 2. The van der Waals surface area contributed by atoms with Gasteiger partial charge in [-0.1, -0.05) is 0 Å². The van der Waals surface area contributed by atoms with Gasteiger partial charge in [0.1, 0.15) is 5.75 Å². The second-order valence-corrected chi connectivity index (χ2v) is 3.57. The van der Waals surface area contributed by atoms with E-state index in [2.05, 4.69) is 15.9 Å². The van der Waals surface area contributed by atoms with Gasteiger partial charge in [-0.2, -0.15) is 0 Å². The molecule has 0 bridgehead atoms. The van der Waals surface area contributed by atoms with Gasteiger partial charge in [-0.15, -0.1) is 0 Å². The van der Waals surface area contributed by atoms with Crippen molar-refractivity contribution in [3.8, 4) is 5.75 Å². The molecule has 0 fully saturated rings. The van der Waals surface area contributed by atoms with E-state index in [-0.39, 0.29) is 0 Å². The largest absolute Gasteiger partial charge is 0.496 e. The number of amides is 2. The van der Waals surface area contributed by atoms with Gasteiger partial charge >= 0.3 is 6.03 Å². The summed E-state index contributed by atoms with van der Waals surface area (Å²) in [5, 5.41) is 0. The first kappa shape index (κ1) is 10.8. The van der Waals surface area contributed by atoms with Gasteiger partial charge < -0.3 is 10.5 Å². The van der Waals surface area contributed by atoms with Crippen LogP contribution in [0.25, 0.3) is 0 Å². The van der Waals surface area contributed by atoms with Gasteiger partial charge in [-0.05, 0) is 34.1 Å². The summed E-state index contributed by atoms with van der Waals surface area (Å²) in [7, 11) is 3.19. The van der Waals surface area contributed by atoms with Crippen LogP contribution in [0.4, 0.5) is 10.5 Å². The molecule has 5 heteroatoms. The Kier molecular flexibility index (Phi) is 3.35. The van der Waals surface area contributed by atoms with E-state index in [9.17, 15) is 4.79 Å². The molecule has 1 rings (SSSR count). The molecule has 0 aliphatic carbocycles. The molecule has 0 saturated heterocycles. The second-order valence-electron chi connectivity index (χ2n) is 2.72. The standard InChI is InChI=1S/C9H11BrN2O2/c1-12(9(11)13)6-3-4-8(14-2)7(10)5-6/h3-5H,1-2H3,(H2,11,13). The van der Waals surface area contributed by atoms with Crippen LogP contribution in [0.2, 0.25) is 0 Å². The van der Waals surface area contributed by atoms with Crippen LogP contribution in [-0.2, 0) is 0 Å². The Morgan fingerprint density at radius 2 is 2.21 bits per heavy atom. The van der Waals surface area contributed by atoms with Gasteiger partial charge in [-0.25, -0.2) is 4.79 Å². The fourth-order valence-corrected chi connectivity index (χ4v) is 1.52. The zero-order chi connectivity index (χ0) is 10.7. The van der Waals surface area contributed by atoms with Crippen molar-refractivity contribution in [3.05, 3.63) is 22.7 Å². The predicted octanol–water partition coefficient (Wildman–Crippen LogP) is 1.97. The van der Waals surface area contributed by atoms with Gasteiger partial charge in [0.15, 0.2) is 0 Å². The SMILES string of the molecule is COc1ccc(N(C)C(N)=O)cc1Br. The summed E-state index contributed by atoms with van der Waals surface area (Å²) in [5.74, 6) is 0.714.